The summed E-state index contributed by atoms with van der Waals surface area (Å²) in [5.74, 6) is 1.20. The Balaban J connectivity index is 2.21. The zero-order valence-electron chi connectivity index (χ0n) is 8.86. The van der Waals surface area contributed by atoms with Crippen LogP contribution in [0.2, 0.25) is 0 Å². The summed E-state index contributed by atoms with van der Waals surface area (Å²) in [6.45, 7) is 2.46. The molecule has 0 saturated heterocycles. The fourth-order valence-corrected chi connectivity index (χ4v) is 1.63. The lowest BCUT2D eigenvalue weighted by atomic mass is 10.3. The van der Waals surface area contributed by atoms with Crippen molar-refractivity contribution in [2.45, 2.75) is 19.8 Å². The van der Waals surface area contributed by atoms with Crippen molar-refractivity contribution in [1.29, 1.82) is 0 Å². The minimum atomic E-state index is -0.377. The van der Waals surface area contributed by atoms with E-state index in [9.17, 15) is 10.1 Å². The summed E-state index contributed by atoms with van der Waals surface area (Å²) in [4.78, 5) is 10.5. The van der Waals surface area contributed by atoms with Gasteiger partial charge in [-0.1, -0.05) is 0 Å². The Morgan fingerprint density at radius 2 is 2.33 bits per heavy atom. The molecule has 1 aromatic rings. The van der Waals surface area contributed by atoms with Crippen LogP contribution in [0.15, 0.2) is 0 Å². The number of nitrogens with zero attached hydrogens (tertiary/aromatic N) is 3. The molecule has 0 unspecified atom stereocenters. The van der Waals surface area contributed by atoms with E-state index in [1.807, 2.05) is 0 Å². The van der Waals surface area contributed by atoms with E-state index < -0.39 is 0 Å². The second-order valence-electron chi connectivity index (χ2n) is 3.99. The number of nitro groups is 1. The second-order valence-corrected chi connectivity index (χ2v) is 3.99. The van der Waals surface area contributed by atoms with Crippen molar-refractivity contribution in [1.82, 2.24) is 9.78 Å². The summed E-state index contributed by atoms with van der Waals surface area (Å²) in [5, 5.41) is 18.0. The van der Waals surface area contributed by atoms with E-state index in [0.29, 0.717) is 17.4 Å². The number of aromatic nitrogens is 2. The summed E-state index contributed by atoms with van der Waals surface area (Å²) in [5.41, 5.74) is 0.555. The van der Waals surface area contributed by atoms with E-state index >= 15 is 0 Å². The van der Waals surface area contributed by atoms with Gasteiger partial charge in [0.05, 0.1) is 4.92 Å². The average molecular weight is 210 g/mol. The lowest BCUT2D eigenvalue weighted by Crippen LogP contribution is -2.09. The third-order valence-electron chi connectivity index (χ3n) is 2.63. The fourth-order valence-electron chi connectivity index (χ4n) is 1.63. The Morgan fingerprint density at radius 1 is 1.67 bits per heavy atom. The average Bonchev–Trinajstić information content (AvgIpc) is 2.89. The van der Waals surface area contributed by atoms with Crippen LogP contribution < -0.4 is 5.32 Å². The van der Waals surface area contributed by atoms with Crippen molar-refractivity contribution >= 4 is 11.5 Å². The van der Waals surface area contributed by atoms with Crippen molar-refractivity contribution in [3.63, 3.8) is 0 Å². The van der Waals surface area contributed by atoms with Crippen LogP contribution in [0, 0.1) is 23.0 Å². The number of hydrogen-bond acceptors (Lipinski definition) is 4. The molecule has 0 aromatic carbocycles. The van der Waals surface area contributed by atoms with Crippen LogP contribution in [-0.4, -0.2) is 21.2 Å². The Kier molecular flexibility index (Phi) is 2.34. The van der Waals surface area contributed by atoms with E-state index in [1.54, 1.807) is 14.0 Å². The molecule has 1 saturated carbocycles. The Bertz CT molecular complexity index is 395. The van der Waals surface area contributed by atoms with Crippen LogP contribution in [0.1, 0.15) is 18.5 Å². The van der Waals surface area contributed by atoms with Gasteiger partial charge >= 0.3 is 5.69 Å². The summed E-state index contributed by atoms with van der Waals surface area (Å²) in [6, 6.07) is 0. The molecule has 1 fully saturated rings. The predicted octanol–water partition coefficient (Wildman–Crippen LogP) is 1.46. The first-order chi connectivity index (χ1) is 7.09. The highest BCUT2D eigenvalue weighted by Gasteiger charge is 2.26. The normalized spacial score (nSPS) is 15.3. The lowest BCUT2D eigenvalue weighted by Gasteiger charge is -2.04. The first-order valence-electron chi connectivity index (χ1n) is 5.01. The molecule has 15 heavy (non-hydrogen) atoms. The SMILES string of the molecule is Cc1nn(C)c(NCC2CC2)c1[N+](=O)[O-]. The summed E-state index contributed by atoms with van der Waals surface area (Å²) in [7, 11) is 1.72. The molecule has 82 valence electrons. The topological polar surface area (TPSA) is 73.0 Å². The second kappa shape index (κ2) is 3.52. The summed E-state index contributed by atoms with van der Waals surface area (Å²) in [6.07, 6.45) is 2.44. The third-order valence-corrected chi connectivity index (χ3v) is 2.63. The molecule has 6 nitrogen and oxygen atoms in total. The first kappa shape index (κ1) is 9.95. The monoisotopic (exact) mass is 210 g/mol. The number of hydrogen-bond donors (Lipinski definition) is 1. The summed E-state index contributed by atoms with van der Waals surface area (Å²) >= 11 is 0. The Labute approximate surface area is 87.4 Å². The highest BCUT2D eigenvalue weighted by atomic mass is 16.6. The molecule has 0 amide bonds. The van der Waals surface area contributed by atoms with Gasteiger partial charge in [-0.2, -0.15) is 5.10 Å². The minimum absolute atomic E-state index is 0.0955. The molecule has 1 aromatic heterocycles. The molecule has 1 N–H and O–H groups in total. The first-order valence-corrected chi connectivity index (χ1v) is 5.01. The molecular formula is C9H14N4O2. The van der Waals surface area contributed by atoms with Gasteiger partial charge in [-0.15, -0.1) is 0 Å². The zero-order chi connectivity index (χ0) is 11.0. The molecule has 6 heteroatoms. The molecule has 0 radical (unpaired) electrons. The van der Waals surface area contributed by atoms with Gasteiger partial charge in [0.15, 0.2) is 0 Å². The highest BCUT2D eigenvalue weighted by molar-refractivity contribution is 5.59. The molecular weight excluding hydrogens is 196 g/mol. The quantitative estimate of drug-likeness (QED) is 0.603. The maximum Gasteiger partial charge on any atom is 0.333 e. The van der Waals surface area contributed by atoms with E-state index in [4.69, 9.17) is 0 Å². The number of nitrogens with one attached hydrogen (secondary N) is 1. The molecule has 0 bridgehead atoms. The smallest absolute Gasteiger partial charge is 0.333 e. The van der Waals surface area contributed by atoms with Gasteiger partial charge in [0.1, 0.15) is 5.69 Å². The van der Waals surface area contributed by atoms with Gasteiger partial charge in [-0.25, -0.2) is 4.68 Å². The van der Waals surface area contributed by atoms with Crippen LogP contribution in [0.4, 0.5) is 11.5 Å². The van der Waals surface area contributed by atoms with Crippen LogP contribution >= 0.6 is 0 Å². The number of aryl methyl sites for hydroxylation is 2. The largest absolute Gasteiger partial charge is 0.364 e. The standard InChI is InChI=1S/C9H14N4O2/c1-6-8(13(14)15)9(12(2)11-6)10-5-7-3-4-7/h7,10H,3-5H2,1-2H3. The predicted molar refractivity (Wildman–Crippen MR) is 55.8 cm³/mol. The minimum Gasteiger partial charge on any atom is -0.364 e. The van der Waals surface area contributed by atoms with Crippen LogP contribution in [0.3, 0.4) is 0 Å². The van der Waals surface area contributed by atoms with Crippen molar-refractivity contribution in [3.8, 4) is 0 Å². The molecule has 1 heterocycles. The Hall–Kier alpha value is -1.59. The Morgan fingerprint density at radius 3 is 2.87 bits per heavy atom. The number of anilines is 1. The van der Waals surface area contributed by atoms with E-state index in [2.05, 4.69) is 10.4 Å². The third kappa shape index (κ3) is 1.93. The lowest BCUT2D eigenvalue weighted by molar-refractivity contribution is -0.384. The molecule has 1 aliphatic rings. The van der Waals surface area contributed by atoms with Crippen LogP contribution in [-0.2, 0) is 7.05 Å². The van der Waals surface area contributed by atoms with Gasteiger partial charge in [-0.3, -0.25) is 10.1 Å². The zero-order valence-corrected chi connectivity index (χ0v) is 8.86. The van der Waals surface area contributed by atoms with E-state index in [0.717, 1.165) is 6.54 Å². The van der Waals surface area contributed by atoms with Crippen molar-refractivity contribution in [3.05, 3.63) is 15.8 Å². The van der Waals surface area contributed by atoms with E-state index in [-0.39, 0.29) is 10.6 Å². The molecule has 1 aliphatic carbocycles. The van der Waals surface area contributed by atoms with Gasteiger partial charge in [-0.05, 0) is 25.7 Å². The molecule has 0 aliphatic heterocycles. The van der Waals surface area contributed by atoms with Crippen molar-refractivity contribution in [2.24, 2.45) is 13.0 Å². The fraction of sp³-hybridized carbons (Fsp3) is 0.667. The van der Waals surface area contributed by atoms with Gasteiger partial charge < -0.3 is 5.32 Å². The maximum atomic E-state index is 10.8. The molecule has 0 spiro atoms. The highest BCUT2D eigenvalue weighted by Crippen LogP contribution is 2.32. The molecule has 0 atom stereocenters. The number of rotatable bonds is 4. The van der Waals surface area contributed by atoms with Gasteiger partial charge in [0.2, 0.25) is 5.82 Å². The van der Waals surface area contributed by atoms with Gasteiger partial charge in [0.25, 0.3) is 0 Å². The maximum absolute atomic E-state index is 10.8. The van der Waals surface area contributed by atoms with Crippen LogP contribution in [0.25, 0.3) is 0 Å². The summed E-state index contributed by atoms with van der Waals surface area (Å²) < 4.78 is 1.54. The van der Waals surface area contributed by atoms with Crippen molar-refractivity contribution in [2.75, 3.05) is 11.9 Å². The van der Waals surface area contributed by atoms with Crippen molar-refractivity contribution < 1.29 is 4.92 Å². The van der Waals surface area contributed by atoms with Crippen LogP contribution in [0.5, 0.6) is 0 Å². The molecule has 2 rings (SSSR count). The van der Waals surface area contributed by atoms with Gasteiger partial charge in [0, 0.05) is 13.6 Å². The van der Waals surface area contributed by atoms with E-state index in [1.165, 1.54) is 17.5 Å².